The molecule has 0 aromatic heterocycles. The van der Waals surface area contributed by atoms with E-state index in [4.69, 9.17) is 32.7 Å². The van der Waals surface area contributed by atoms with Crippen LogP contribution in [0.25, 0.3) is 0 Å². The summed E-state index contributed by atoms with van der Waals surface area (Å²) in [4.78, 5) is 0. The summed E-state index contributed by atoms with van der Waals surface area (Å²) in [6, 6.07) is 17.5. The number of benzene rings is 3. The molecule has 0 unspecified atom stereocenters. The molecule has 0 aliphatic rings. The van der Waals surface area contributed by atoms with E-state index in [9.17, 15) is 0 Å². The van der Waals surface area contributed by atoms with Gasteiger partial charge in [0.15, 0.2) is 11.5 Å². The summed E-state index contributed by atoms with van der Waals surface area (Å²) in [5, 5.41) is 4.57. The van der Waals surface area contributed by atoms with Crippen LogP contribution in [0.3, 0.4) is 0 Å². The third-order valence-electron chi connectivity index (χ3n) is 4.33. The Balaban J connectivity index is 1.76. The lowest BCUT2D eigenvalue weighted by Gasteiger charge is -2.16. The largest absolute Gasteiger partial charge is 0.490 e. The molecule has 152 valence electrons. The highest BCUT2D eigenvalue weighted by Gasteiger charge is 2.12. The molecule has 0 fully saturated rings. The van der Waals surface area contributed by atoms with Gasteiger partial charge >= 0.3 is 0 Å². The first-order chi connectivity index (χ1) is 14.0. The SMILES string of the molecule is CCOc1cc(CNc2cc(Cl)ccc2Cl)c(Br)cc1OCc1ccc(C)cc1. The van der Waals surface area contributed by atoms with Crippen molar-refractivity contribution in [2.75, 3.05) is 11.9 Å². The van der Waals surface area contributed by atoms with Gasteiger partial charge in [0, 0.05) is 16.0 Å². The second kappa shape index (κ2) is 10.2. The molecule has 0 bridgehead atoms. The van der Waals surface area contributed by atoms with Crippen LogP contribution in [0.5, 0.6) is 11.5 Å². The van der Waals surface area contributed by atoms with E-state index in [-0.39, 0.29) is 0 Å². The molecule has 3 nitrogen and oxygen atoms in total. The number of aryl methyl sites for hydroxylation is 1. The normalized spacial score (nSPS) is 10.7. The molecule has 0 aliphatic carbocycles. The van der Waals surface area contributed by atoms with E-state index in [2.05, 4.69) is 52.4 Å². The molecule has 0 amide bonds. The summed E-state index contributed by atoms with van der Waals surface area (Å²) < 4.78 is 12.8. The maximum atomic E-state index is 6.24. The minimum absolute atomic E-state index is 0.475. The molecule has 3 aromatic rings. The van der Waals surface area contributed by atoms with Crippen molar-refractivity contribution in [3.63, 3.8) is 0 Å². The Bertz CT molecular complexity index is 977. The molecule has 0 saturated carbocycles. The Morgan fingerprint density at radius 2 is 1.66 bits per heavy atom. The fourth-order valence-corrected chi connectivity index (χ4v) is 3.58. The van der Waals surface area contributed by atoms with Gasteiger partial charge in [-0.25, -0.2) is 0 Å². The topological polar surface area (TPSA) is 30.5 Å². The molecule has 0 atom stereocenters. The average Bonchev–Trinajstić information content (AvgIpc) is 2.70. The van der Waals surface area contributed by atoms with Gasteiger partial charge in [0.05, 0.1) is 17.3 Å². The molecule has 0 heterocycles. The predicted octanol–water partition coefficient (Wildman–Crippen LogP) is 7.65. The van der Waals surface area contributed by atoms with Crippen molar-refractivity contribution in [1.29, 1.82) is 0 Å². The first-order valence-corrected chi connectivity index (χ1v) is 10.8. The molecule has 0 radical (unpaired) electrons. The molecule has 0 spiro atoms. The van der Waals surface area contributed by atoms with Crippen LogP contribution >= 0.6 is 39.1 Å². The zero-order valence-corrected chi connectivity index (χ0v) is 19.4. The summed E-state index contributed by atoms with van der Waals surface area (Å²) in [5.74, 6) is 1.40. The Morgan fingerprint density at radius 1 is 0.931 bits per heavy atom. The van der Waals surface area contributed by atoms with E-state index in [0.717, 1.165) is 21.3 Å². The number of hydrogen-bond acceptors (Lipinski definition) is 3. The van der Waals surface area contributed by atoms with Crippen molar-refractivity contribution in [2.45, 2.75) is 27.0 Å². The molecular formula is C23H22BrCl2NO2. The highest BCUT2D eigenvalue weighted by molar-refractivity contribution is 9.10. The molecule has 29 heavy (non-hydrogen) atoms. The fraction of sp³-hybridized carbons (Fsp3) is 0.217. The monoisotopic (exact) mass is 493 g/mol. The maximum Gasteiger partial charge on any atom is 0.162 e. The van der Waals surface area contributed by atoms with Crippen molar-refractivity contribution >= 4 is 44.8 Å². The highest BCUT2D eigenvalue weighted by atomic mass is 79.9. The van der Waals surface area contributed by atoms with Crippen molar-refractivity contribution < 1.29 is 9.47 Å². The van der Waals surface area contributed by atoms with Gasteiger partial charge in [-0.2, -0.15) is 0 Å². The summed E-state index contributed by atoms with van der Waals surface area (Å²) in [7, 11) is 0. The van der Waals surface area contributed by atoms with Gasteiger partial charge in [-0.1, -0.05) is 69.0 Å². The van der Waals surface area contributed by atoms with Crippen LogP contribution in [0, 0.1) is 6.92 Å². The molecule has 3 aromatic carbocycles. The summed E-state index contributed by atoms with van der Waals surface area (Å²) >= 11 is 15.9. The van der Waals surface area contributed by atoms with Gasteiger partial charge in [-0.3, -0.25) is 0 Å². The molecule has 0 aliphatic heterocycles. The maximum absolute atomic E-state index is 6.24. The van der Waals surface area contributed by atoms with Crippen LogP contribution in [-0.2, 0) is 13.2 Å². The van der Waals surface area contributed by atoms with E-state index >= 15 is 0 Å². The van der Waals surface area contributed by atoms with E-state index in [1.807, 2.05) is 19.1 Å². The minimum Gasteiger partial charge on any atom is -0.490 e. The van der Waals surface area contributed by atoms with Gasteiger partial charge in [-0.05, 0) is 55.3 Å². The number of hydrogen-bond donors (Lipinski definition) is 1. The van der Waals surface area contributed by atoms with Gasteiger partial charge in [0.25, 0.3) is 0 Å². The lowest BCUT2D eigenvalue weighted by atomic mass is 10.1. The molecule has 3 rings (SSSR count). The van der Waals surface area contributed by atoms with Crippen molar-refractivity contribution in [2.24, 2.45) is 0 Å². The first-order valence-electron chi connectivity index (χ1n) is 9.28. The lowest BCUT2D eigenvalue weighted by molar-refractivity contribution is 0.269. The quantitative estimate of drug-likeness (QED) is 0.348. The average molecular weight is 495 g/mol. The number of ether oxygens (including phenoxy) is 2. The highest BCUT2D eigenvalue weighted by Crippen LogP contribution is 2.35. The minimum atomic E-state index is 0.475. The molecule has 1 N–H and O–H groups in total. The van der Waals surface area contributed by atoms with Crippen molar-refractivity contribution in [3.8, 4) is 11.5 Å². The Labute approximate surface area is 190 Å². The predicted molar refractivity (Wildman–Crippen MR) is 125 cm³/mol. The molecule has 6 heteroatoms. The third-order valence-corrected chi connectivity index (χ3v) is 5.63. The van der Waals surface area contributed by atoms with E-state index in [1.165, 1.54) is 5.56 Å². The summed E-state index contributed by atoms with van der Waals surface area (Å²) in [6.07, 6.45) is 0. The standard InChI is InChI=1S/C23H22BrCl2NO2/c1-3-28-22-10-17(13-27-21-11-18(25)8-9-20(21)26)19(24)12-23(22)29-14-16-6-4-15(2)5-7-16/h4-12,27H,3,13-14H2,1-2H3. The van der Waals surface area contributed by atoms with Gasteiger partial charge < -0.3 is 14.8 Å². The second-order valence-corrected chi connectivity index (χ2v) is 8.27. The van der Waals surface area contributed by atoms with Crippen LogP contribution in [0.1, 0.15) is 23.6 Å². The zero-order chi connectivity index (χ0) is 20.8. The number of halogens is 3. The van der Waals surface area contributed by atoms with Gasteiger partial charge in [-0.15, -0.1) is 0 Å². The fourth-order valence-electron chi connectivity index (χ4n) is 2.76. The van der Waals surface area contributed by atoms with Crippen LogP contribution in [0.2, 0.25) is 10.0 Å². The smallest absolute Gasteiger partial charge is 0.162 e. The van der Waals surface area contributed by atoms with Gasteiger partial charge in [0.2, 0.25) is 0 Å². The van der Waals surface area contributed by atoms with Crippen LogP contribution < -0.4 is 14.8 Å². The van der Waals surface area contributed by atoms with E-state index in [1.54, 1.807) is 18.2 Å². The Kier molecular flexibility index (Phi) is 7.70. The number of nitrogens with one attached hydrogen (secondary N) is 1. The lowest BCUT2D eigenvalue weighted by Crippen LogP contribution is -2.04. The number of anilines is 1. The van der Waals surface area contributed by atoms with Crippen LogP contribution in [0.15, 0.2) is 59.1 Å². The first kappa shape index (κ1) is 21.8. The van der Waals surface area contributed by atoms with Crippen LogP contribution in [-0.4, -0.2) is 6.61 Å². The summed E-state index contributed by atoms with van der Waals surface area (Å²) in [5.41, 5.74) is 4.13. The van der Waals surface area contributed by atoms with Gasteiger partial charge in [0.1, 0.15) is 6.61 Å². The number of rotatable bonds is 8. The van der Waals surface area contributed by atoms with E-state index < -0.39 is 0 Å². The Morgan fingerprint density at radius 3 is 2.38 bits per heavy atom. The van der Waals surface area contributed by atoms with E-state index in [0.29, 0.717) is 41.3 Å². The van der Waals surface area contributed by atoms with Crippen molar-refractivity contribution in [1.82, 2.24) is 0 Å². The molecular weight excluding hydrogens is 473 g/mol. The zero-order valence-electron chi connectivity index (χ0n) is 16.3. The van der Waals surface area contributed by atoms with Crippen LogP contribution in [0.4, 0.5) is 5.69 Å². The second-order valence-electron chi connectivity index (χ2n) is 6.58. The van der Waals surface area contributed by atoms with Crippen molar-refractivity contribution in [3.05, 3.63) is 85.8 Å². The summed E-state index contributed by atoms with van der Waals surface area (Å²) in [6.45, 7) is 5.60. The molecule has 0 saturated heterocycles. The Hall–Kier alpha value is -1.88. The third kappa shape index (κ3) is 6.05.